The lowest BCUT2D eigenvalue weighted by atomic mass is 10.0. The Morgan fingerprint density at radius 2 is 2.36 bits per heavy atom. The number of piperidine rings is 1. The van der Waals surface area contributed by atoms with E-state index < -0.39 is 6.09 Å². The smallest absolute Gasteiger partial charge is 0.408 e. The summed E-state index contributed by atoms with van der Waals surface area (Å²) in [6, 6.07) is -0.193. The van der Waals surface area contributed by atoms with Gasteiger partial charge in [0.2, 0.25) is 0 Å². The van der Waals surface area contributed by atoms with Gasteiger partial charge in [-0.15, -0.1) is 6.42 Å². The second-order valence-electron chi connectivity index (χ2n) is 2.65. The average Bonchev–Trinajstić information content (AvgIpc) is 2.04. The monoisotopic (exact) mass is 153 g/mol. The Labute approximate surface area is 66.0 Å². The molecule has 0 aromatic rings. The molecule has 0 bridgehead atoms. The third-order valence-electron chi connectivity index (χ3n) is 1.94. The van der Waals surface area contributed by atoms with Crippen LogP contribution in [0.1, 0.15) is 19.3 Å². The van der Waals surface area contributed by atoms with Crippen molar-refractivity contribution in [1.82, 2.24) is 4.90 Å². The molecule has 1 rings (SSSR count). The minimum absolute atomic E-state index is 0.193. The van der Waals surface area contributed by atoms with E-state index in [1.165, 1.54) is 4.90 Å². The molecule has 0 aromatic heterocycles. The summed E-state index contributed by atoms with van der Waals surface area (Å²) in [5, 5.41) is 8.67. The Balaban J connectivity index is 2.60. The lowest BCUT2D eigenvalue weighted by Gasteiger charge is -2.29. The first kappa shape index (κ1) is 7.93. The van der Waals surface area contributed by atoms with Gasteiger partial charge in [-0.1, -0.05) is 5.92 Å². The van der Waals surface area contributed by atoms with E-state index in [1.807, 2.05) is 0 Å². The molecule has 1 aliphatic heterocycles. The first-order valence-electron chi connectivity index (χ1n) is 3.71. The summed E-state index contributed by atoms with van der Waals surface area (Å²) in [7, 11) is 0. The number of hydrogen-bond acceptors (Lipinski definition) is 1. The molecule has 0 saturated carbocycles. The van der Waals surface area contributed by atoms with E-state index in [0.717, 1.165) is 19.3 Å². The summed E-state index contributed by atoms with van der Waals surface area (Å²) >= 11 is 0. The van der Waals surface area contributed by atoms with Crippen molar-refractivity contribution < 1.29 is 9.90 Å². The number of carbonyl (C=O) groups is 1. The van der Waals surface area contributed by atoms with E-state index in [9.17, 15) is 4.79 Å². The summed E-state index contributed by atoms with van der Waals surface area (Å²) in [6.07, 6.45) is 7.06. The first-order valence-corrected chi connectivity index (χ1v) is 3.71. The fourth-order valence-electron chi connectivity index (χ4n) is 1.33. The number of carboxylic acid groups (broad SMARTS) is 1. The number of amides is 1. The molecular weight excluding hydrogens is 142 g/mol. The Bertz CT molecular complexity index is 195. The number of nitrogens with zero attached hydrogens (tertiary/aromatic N) is 1. The van der Waals surface area contributed by atoms with Crippen LogP contribution in [0.4, 0.5) is 4.79 Å². The molecule has 3 nitrogen and oxygen atoms in total. The second-order valence-corrected chi connectivity index (χ2v) is 2.65. The third kappa shape index (κ3) is 1.64. The zero-order valence-corrected chi connectivity index (χ0v) is 6.29. The van der Waals surface area contributed by atoms with E-state index in [4.69, 9.17) is 11.5 Å². The van der Waals surface area contributed by atoms with Crippen LogP contribution in [-0.2, 0) is 0 Å². The molecule has 0 spiro atoms. The summed E-state index contributed by atoms with van der Waals surface area (Å²) in [4.78, 5) is 11.9. The fourth-order valence-corrected chi connectivity index (χ4v) is 1.33. The van der Waals surface area contributed by atoms with Gasteiger partial charge in [-0.2, -0.15) is 0 Å². The minimum atomic E-state index is -0.896. The summed E-state index contributed by atoms with van der Waals surface area (Å²) in [5.74, 6) is 2.48. The highest BCUT2D eigenvalue weighted by Gasteiger charge is 2.23. The Kier molecular flexibility index (Phi) is 2.37. The number of terminal acetylenes is 1. The van der Waals surface area contributed by atoms with Gasteiger partial charge in [-0.3, -0.25) is 4.90 Å². The molecule has 3 heteroatoms. The van der Waals surface area contributed by atoms with Gasteiger partial charge in [0.1, 0.15) is 0 Å². The maximum absolute atomic E-state index is 10.6. The van der Waals surface area contributed by atoms with E-state index in [0.29, 0.717) is 6.54 Å². The zero-order valence-electron chi connectivity index (χ0n) is 6.29. The van der Waals surface area contributed by atoms with Gasteiger partial charge >= 0.3 is 6.09 Å². The molecule has 0 unspecified atom stereocenters. The van der Waals surface area contributed by atoms with Crippen LogP contribution < -0.4 is 0 Å². The summed E-state index contributed by atoms with van der Waals surface area (Å²) < 4.78 is 0. The summed E-state index contributed by atoms with van der Waals surface area (Å²) in [5.41, 5.74) is 0. The molecule has 0 aliphatic carbocycles. The van der Waals surface area contributed by atoms with E-state index >= 15 is 0 Å². The lowest BCUT2D eigenvalue weighted by molar-refractivity contribution is 0.122. The Hall–Kier alpha value is -1.17. The molecule has 1 aliphatic rings. The molecular formula is C8H11NO2. The van der Waals surface area contributed by atoms with Gasteiger partial charge in [-0.25, -0.2) is 4.79 Å². The van der Waals surface area contributed by atoms with Gasteiger partial charge < -0.3 is 5.11 Å². The molecule has 0 aromatic carbocycles. The normalized spacial score (nSPS) is 24.3. The van der Waals surface area contributed by atoms with Crippen molar-refractivity contribution in [3.8, 4) is 12.3 Å². The van der Waals surface area contributed by atoms with Gasteiger partial charge in [0.15, 0.2) is 0 Å². The van der Waals surface area contributed by atoms with Crippen LogP contribution in [0.5, 0.6) is 0 Å². The second kappa shape index (κ2) is 3.29. The van der Waals surface area contributed by atoms with Crippen LogP contribution >= 0.6 is 0 Å². The molecule has 1 saturated heterocycles. The molecule has 1 atom stereocenters. The van der Waals surface area contributed by atoms with Crippen molar-refractivity contribution in [3.63, 3.8) is 0 Å². The molecule has 1 amide bonds. The van der Waals surface area contributed by atoms with Crippen molar-refractivity contribution in [2.45, 2.75) is 25.3 Å². The first-order chi connectivity index (χ1) is 5.25. The van der Waals surface area contributed by atoms with E-state index in [2.05, 4.69) is 5.92 Å². The minimum Gasteiger partial charge on any atom is -0.465 e. The lowest BCUT2D eigenvalue weighted by Crippen LogP contribution is -2.41. The van der Waals surface area contributed by atoms with Crippen molar-refractivity contribution in [3.05, 3.63) is 0 Å². The predicted octanol–water partition coefficient (Wildman–Crippen LogP) is 1.15. The molecule has 1 heterocycles. The molecule has 1 N–H and O–H groups in total. The van der Waals surface area contributed by atoms with Crippen molar-refractivity contribution in [2.75, 3.05) is 6.54 Å². The Morgan fingerprint density at radius 1 is 1.64 bits per heavy atom. The number of likely N-dealkylation sites (tertiary alicyclic amines) is 1. The number of hydrogen-bond donors (Lipinski definition) is 1. The molecule has 60 valence electrons. The van der Waals surface area contributed by atoms with Gasteiger partial charge in [-0.05, 0) is 19.3 Å². The molecule has 11 heavy (non-hydrogen) atoms. The molecule has 1 fully saturated rings. The van der Waals surface area contributed by atoms with Crippen LogP contribution in [-0.4, -0.2) is 28.7 Å². The van der Waals surface area contributed by atoms with Crippen LogP contribution in [0, 0.1) is 12.3 Å². The fraction of sp³-hybridized carbons (Fsp3) is 0.625. The van der Waals surface area contributed by atoms with Gasteiger partial charge in [0, 0.05) is 6.54 Å². The maximum Gasteiger partial charge on any atom is 0.408 e. The standard InChI is InChI=1S/C8H11NO2/c1-2-7-5-3-4-6-9(7)8(10)11/h1,7H,3-6H2,(H,10,11)/t7-/m0/s1. The molecule has 0 radical (unpaired) electrons. The quantitative estimate of drug-likeness (QED) is 0.530. The van der Waals surface area contributed by atoms with Gasteiger partial charge in [0.25, 0.3) is 0 Å². The largest absolute Gasteiger partial charge is 0.465 e. The maximum atomic E-state index is 10.6. The van der Waals surface area contributed by atoms with E-state index in [1.54, 1.807) is 0 Å². The predicted molar refractivity (Wildman–Crippen MR) is 41.2 cm³/mol. The SMILES string of the molecule is C#C[C@H]1CCCCN1C(=O)O. The van der Waals surface area contributed by atoms with Crippen LogP contribution in [0.15, 0.2) is 0 Å². The van der Waals surface area contributed by atoms with E-state index in [-0.39, 0.29) is 6.04 Å². The topological polar surface area (TPSA) is 40.5 Å². The highest BCUT2D eigenvalue weighted by atomic mass is 16.4. The summed E-state index contributed by atoms with van der Waals surface area (Å²) in [6.45, 7) is 0.587. The van der Waals surface area contributed by atoms with Crippen LogP contribution in [0.25, 0.3) is 0 Å². The zero-order chi connectivity index (χ0) is 8.27. The average molecular weight is 153 g/mol. The highest BCUT2D eigenvalue weighted by molar-refractivity contribution is 5.66. The van der Waals surface area contributed by atoms with Crippen LogP contribution in [0.2, 0.25) is 0 Å². The number of rotatable bonds is 0. The van der Waals surface area contributed by atoms with Gasteiger partial charge in [0.05, 0.1) is 6.04 Å². The Morgan fingerprint density at radius 3 is 2.82 bits per heavy atom. The van der Waals surface area contributed by atoms with Crippen LogP contribution in [0.3, 0.4) is 0 Å². The third-order valence-corrected chi connectivity index (χ3v) is 1.94. The van der Waals surface area contributed by atoms with Crippen molar-refractivity contribution in [1.29, 1.82) is 0 Å². The van der Waals surface area contributed by atoms with Crippen molar-refractivity contribution >= 4 is 6.09 Å². The highest BCUT2D eigenvalue weighted by Crippen LogP contribution is 2.15. The van der Waals surface area contributed by atoms with Crippen molar-refractivity contribution in [2.24, 2.45) is 0 Å².